The Hall–Kier alpha value is -0.600. The lowest BCUT2D eigenvalue weighted by Gasteiger charge is -2.40. The van der Waals surface area contributed by atoms with E-state index in [-0.39, 0.29) is 10.8 Å². The molecule has 2 aliphatic rings. The molecule has 1 aromatic rings. The summed E-state index contributed by atoms with van der Waals surface area (Å²) < 4.78 is 14.0. The lowest BCUT2D eigenvalue weighted by Crippen LogP contribution is -2.34. The van der Waals surface area contributed by atoms with Crippen LogP contribution in [0.4, 0.5) is 4.39 Å². The monoisotopic (exact) mass is 310 g/mol. The summed E-state index contributed by atoms with van der Waals surface area (Å²) in [4.78, 5) is 0. The van der Waals surface area contributed by atoms with Crippen molar-refractivity contribution in [2.45, 2.75) is 57.5 Å². The molecule has 0 heterocycles. The van der Waals surface area contributed by atoms with E-state index in [1.807, 2.05) is 0 Å². The zero-order valence-electron chi connectivity index (χ0n) is 12.4. The van der Waals surface area contributed by atoms with Crippen molar-refractivity contribution in [3.05, 3.63) is 34.6 Å². The van der Waals surface area contributed by atoms with Crippen molar-refractivity contribution in [2.24, 2.45) is 17.8 Å². The molecule has 116 valence electrons. The molecule has 3 rings (SSSR count). The number of fused-ring (bicyclic) bond motifs is 1. The smallest absolute Gasteiger partial charge is 0.145 e. The van der Waals surface area contributed by atoms with Crippen LogP contribution in [0.2, 0.25) is 5.02 Å². The van der Waals surface area contributed by atoms with Crippen LogP contribution in [0.1, 0.15) is 50.5 Å². The summed E-state index contributed by atoms with van der Waals surface area (Å²) in [5.74, 6) is 1.62. The molecular weight excluding hydrogens is 287 g/mol. The summed E-state index contributed by atoms with van der Waals surface area (Å²) in [6, 6.07) is 5.04. The van der Waals surface area contributed by atoms with Gasteiger partial charge in [0.2, 0.25) is 0 Å². The number of aliphatic hydroxyl groups is 1. The number of aliphatic hydroxyl groups excluding tert-OH is 1. The minimum atomic E-state index is -0.444. The predicted octanol–water partition coefficient (Wildman–Crippen LogP) is 4.99. The topological polar surface area (TPSA) is 20.2 Å². The van der Waals surface area contributed by atoms with Gasteiger partial charge in [0.05, 0.1) is 11.1 Å². The van der Waals surface area contributed by atoms with Gasteiger partial charge in [0, 0.05) is 6.42 Å². The van der Waals surface area contributed by atoms with Crippen molar-refractivity contribution < 1.29 is 9.50 Å². The van der Waals surface area contributed by atoms with Gasteiger partial charge in [-0.05, 0) is 48.6 Å². The van der Waals surface area contributed by atoms with Crippen LogP contribution in [0.15, 0.2) is 18.2 Å². The average Bonchev–Trinajstić information content (AvgIpc) is 2.51. The van der Waals surface area contributed by atoms with Gasteiger partial charge in [0.25, 0.3) is 0 Å². The van der Waals surface area contributed by atoms with Crippen molar-refractivity contribution in [3.63, 3.8) is 0 Å². The maximum atomic E-state index is 14.0. The Kier molecular flexibility index (Phi) is 4.85. The predicted molar refractivity (Wildman–Crippen MR) is 83.9 cm³/mol. The fourth-order valence-electron chi connectivity index (χ4n) is 4.36. The van der Waals surface area contributed by atoms with Gasteiger partial charge in [-0.2, -0.15) is 0 Å². The van der Waals surface area contributed by atoms with Crippen LogP contribution >= 0.6 is 11.6 Å². The van der Waals surface area contributed by atoms with E-state index in [4.69, 9.17) is 11.6 Å². The molecule has 2 saturated carbocycles. The highest BCUT2D eigenvalue weighted by molar-refractivity contribution is 6.30. The molecule has 4 unspecified atom stereocenters. The normalized spacial score (nSPS) is 30.7. The van der Waals surface area contributed by atoms with Crippen LogP contribution in [-0.4, -0.2) is 11.2 Å². The molecule has 0 aliphatic heterocycles. The first-order chi connectivity index (χ1) is 10.1. The van der Waals surface area contributed by atoms with E-state index in [0.717, 1.165) is 24.7 Å². The molecule has 0 bridgehead atoms. The molecule has 1 nitrogen and oxygen atoms in total. The van der Waals surface area contributed by atoms with E-state index in [1.165, 1.54) is 32.1 Å². The summed E-state index contributed by atoms with van der Waals surface area (Å²) in [6.45, 7) is 0. The molecule has 0 amide bonds. The number of rotatable bonds is 3. The van der Waals surface area contributed by atoms with Crippen molar-refractivity contribution in [3.8, 4) is 0 Å². The SMILES string of the molecule is OC(Cc1cccc(Cl)c1F)C1CCC2CCCCC2C1. The third kappa shape index (κ3) is 3.43. The van der Waals surface area contributed by atoms with Crippen LogP contribution < -0.4 is 0 Å². The van der Waals surface area contributed by atoms with E-state index in [1.54, 1.807) is 18.2 Å². The van der Waals surface area contributed by atoms with Crippen LogP contribution in [0.3, 0.4) is 0 Å². The molecule has 3 heteroatoms. The average molecular weight is 311 g/mol. The minimum Gasteiger partial charge on any atom is -0.392 e. The first kappa shape index (κ1) is 15.3. The Morgan fingerprint density at radius 1 is 1.14 bits per heavy atom. The second-order valence-electron chi connectivity index (χ2n) is 6.86. The Balaban J connectivity index is 1.63. The quantitative estimate of drug-likeness (QED) is 0.834. The molecule has 0 saturated heterocycles. The van der Waals surface area contributed by atoms with Gasteiger partial charge in [0.15, 0.2) is 0 Å². The fraction of sp³-hybridized carbons (Fsp3) is 0.667. The molecule has 21 heavy (non-hydrogen) atoms. The molecule has 2 fully saturated rings. The molecule has 0 radical (unpaired) electrons. The van der Waals surface area contributed by atoms with Crippen LogP contribution in [0.25, 0.3) is 0 Å². The van der Waals surface area contributed by atoms with E-state index >= 15 is 0 Å². The summed E-state index contributed by atoms with van der Waals surface area (Å²) in [7, 11) is 0. The molecule has 0 aromatic heterocycles. The van der Waals surface area contributed by atoms with Crippen molar-refractivity contribution in [1.82, 2.24) is 0 Å². The van der Waals surface area contributed by atoms with Crippen molar-refractivity contribution in [1.29, 1.82) is 0 Å². The minimum absolute atomic E-state index is 0.149. The van der Waals surface area contributed by atoms with Crippen molar-refractivity contribution >= 4 is 11.6 Å². The Bertz CT molecular complexity index is 490. The van der Waals surface area contributed by atoms with Gasteiger partial charge in [-0.1, -0.05) is 49.4 Å². The molecule has 1 N–H and O–H groups in total. The highest BCUT2D eigenvalue weighted by Gasteiger charge is 2.35. The second-order valence-corrected chi connectivity index (χ2v) is 7.27. The zero-order valence-corrected chi connectivity index (χ0v) is 13.2. The second kappa shape index (κ2) is 6.66. The summed E-state index contributed by atoms with van der Waals surface area (Å²) in [5, 5.41) is 10.7. The van der Waals surface area contributed by atoms with Gasteiger partial charge in [-0.25, -0.2) is 4.39 Å². The van der Waals surface area contributed by atoms with E-state index < -0.39 is 6.10 Å². The highest BCUT2D eigenvalue weighted by atomic mass is 35.5. The van der Waals surface area contributed by atoms with E-state index in [2.05, 4.69) is 0 Å². The van der Waals surface area contributed by atoms with Gasteiger partial charge < -0.3 is 5.11 Å². The summed E-state index contributed by atoms with van der Waals surface area (Å²) in [5.41, 5.74) is 0.542. The van der Waals surface area contributed by atoms with Gasteiger partial charge in [-0.15, -0.1) is 0 Å². The van der Waals surface area contributed by atoms with Gasteiger partial charge in [0.1, 0.15) is 5.82 Å². The largest absolute Gasteiger partial charge is 0.392 e. The van der Waals surface area contributed by atoms with E-state index in [0.29, 0.717) is 17.9 Å². The summed E-state index contributed by atoms with van der Waals surface area (Å²) >= 11 is 5.82. The van der Waals surface area contributed by atoms with Crippen LogP contribution in [0.5, 0.6) is 0 Å². The lowest BCUT2D eigenvalue weighted by atomic mass is 9.66. The molecular formula is C18H24ClFO. The first-order valence-electron chi connectivity index (χ1n) is 8.26. The fourth-order valence-corrected chi connectivity index (χ4v) is 4.55. The number of halogens is 2. The third-order valence-electron chi connectivity index (χ3n) is 5.59. The number of benzene rings is 1. The molecule has 4 atom stereocenters. The Morgan fingerprint density at radius 2 is 1.90 bits per heavy atom. The molecule has 2 aliphatic carbocycles. The number of hydrogen-bond acceptors (Lipinski definition) is 1. The highest BCUT2D eigenvalue weighted by Crippen LogP contribution is 2.44. The maximum absolute atomic E-state index is 14.0. The number of hydrogen-bond donors (Lipinski definition) is 1. The molecule has 1 aromatic carbocycles. The van der Waals surface area contributed by atoms with E-state index in [9.17, 15) is 9.50 Å². The zero-order chi connectivity index (χ0) is 14.8. The van der Waals surface area contributed by atoms with Crippen LogP contribution in [-0.2, 0) is 6.42 Å². The maximum Gasteiger partial charge on any atom is 0.145 e. The third-order valence-corrected chi connectivity index (χ3v) is 5.88. The molecule has 0 spiro atoms. The van der Waals surface area contributed by atoms with Gasteiger partial charge >= 0.3 is 0 Å². The first-order valence-corrected chi connectivity index (χ1v) is 8.64. The van der Waals surface area contributed by atoms with Gasteiger partial charge in [-0.3, -0.25) is 0 Å². The lowest BCUT2D eigenvalue weighted by molar-refractivity contribution is 0.0356. The summed E-state index contributed by atoms with van der Waals surface area (Å²) in [6.07, 6.45) is 8.79. The Morgan fingerprint density at radius 3 is 2.71 bits per heavy atom. The Labute approximate surface area is 131 Å². The van der Waals surface area contributed by atoms with Crippen molar-refractivity contribution in [2.75, 3.05) is 0 Å². The standard InChI is InChI=1S/C18H24ClFO/c19-16-7-3-6-15(18(16)20)11-17(21)14-9-8-12-4-1-2-5-13(12)10-14/h3,6-7,12-14,17,21H,1-2,4-5,8-11H2. The van der Waals surface area contributed by atoms with Crippen LogP contribution in [0, 0.1) is 23.6 Å².